The fourth-order valence-corrected chi connectivity index (χ4v) is 2.92. The molecule has 0 aliphatic rings. The number of carbonyl (C=O) groups is 1. The number of rotatable bonds is 4. The van der Waals surface area contributed by atoms with Crippen molar-refractivity contribution in [2.24, 2.45) is 0 Å². The molecule has 126 valence electrons. The Kier molecular flexibility index (Phi) is 3.72. The smallest absolute Gasteiger partial charge is 0.292 e. The highest BCUT2D eigenvalue weighted by molar-refractivity contribution is 6.07. The van der Waals surface area contributed by atoms with Gasteiger partial charge in [0.25, 0.3) is 5.91 Å². The Bertz CT molecular complexity index is 1060. The summed E-state index contributed by atoms with van der Waals surface area (Å²) in [5.74, 6) is 0.431. The first-order chi connectivity index (χ1) is 12.2. The molecule has 1 N–H and O–H groups in total. The largest absolute Gasteiger partial charge is 0.459 e. The number of hydrogen-bond donors (Lipinski definition) is 1. The monoisotopic (exact) mass is 334 g/mol. The van der Waals surface area contributed by atoms with E-state index in [-0.39, 0.29) is 11.7 Å². The number of nitrogens with one attached hydrogen (secondary N) is 1. The van der Waals surface area contributed by atoms with Crippen LogP contribution in [0.25, 0.3) is 21.9 Å². The zero-order valence-corrected chi connectivity index (χ0v) is 14.1. The first kappa shape index (κ1) is 15.4. The summed E-state index contributed by atoms with van der Waals surface area (Å²) in [4.78, 5) is 17.1. The van der Waals surface area contributed by atoms with Crippen LogP contribution < -0.4 is 5.32 Å². The molecule has 0 radical (unpaired) electrons. The van der Waals surface area contributed by atoms with Crippen molar-refractivity contribution in [1.29, 1.82) is 0 Å². The molecular weight excluding hydrogens is 316 g/mol. The maximum Gasteiger partial charge on any atom is 0.292 e. The normalized spacial score (nSPS) is 11.3. The van der Waals surface area contributed by atoms with Gasteiger partial charge in [-0.2, -0.15) is 5.10 Å². The highest BCUT2D eigenvalue weighted by Gasteiger charge is 2.17. The van der Waals surface area contributed by atoms with Crippen LogP contribution in [0, 0.1) is 6.92 Å². The summed E-state index contributed by atoms with van der Waals surface area (Å²) in [5, 5.41) is 9.25. The molecule has 0 saturated carbocycles. The van der Waals surface area contributed by atoms with Gasteiger partial charge in [-0.1, -0.05) is 18.6 Å². The van der Waals surface area contributed by atoms with Gasteiger partial charge in [-0.3, -0.25) is 4.79 Å². The maximum atomic E-state index is 12.3. The Morgan fingerprint density at radius 2 is 2.16 bits per heavy atom. The molecule has 3 heterocycles. The van der Waals surface area contributed by atoms with Crippen LogP contribution in [0.15, 0.2) is 47.1 Å². The summed E-state index contributed by atoms with van der Waals surface area (Å²) < 4.78 is 7.00. The minimum Gasteiger partial charge on any atom is -0.459 e. The molecule has 0 fully saturated rings. The lowest BCUT2D eigenvalue weighted by Gasteiger charge is -2.02. The van der Waals surface area contributed by atoms with E-state index >= 15 is 0 Å². The van der Waals surface area contributed by atoms with Crippen LogP contribution in [0.1, 0.15) is 29.5 Å². The van der Waals surface area contributed by atoms with E-state index in [2.05, 4.69) is 23.4 Å². The molecular formula is C19H18N4O2. The van der Waals surface area contributed by atoms with E-state index in [9.17, 15) is 4.79 Å². The van der Waals surface area contributed by atoms with Crippen LogP contribution in [-0.4, -0.2) is 20.7 Å². The van der Waals surface area contributed by atoms with Gasteiger partial charge in [-0.15, -0.1) is 0 Å². The van der Waals surface area contributed by atoms with Gasteiger partial charge < -0.3 is 9.73 Å². The third kappa shape index (κ3) is 2.76. The van der Waals surface area contributed by atoms with Crippen LogP contribution >= 0.6 is 0 Å². The molecule has 3 aromatic heterocycles. The molecule has 0 aliphatic heterocycles. The quantitative estimate of drug-likeness (QED) is 0.608. The van der Waals surface area contributed by atoms with Gasteiger partial charge in [-0.25, -0.2) is 9.67 Å². The van der Waals surface area contributed by atoms with Crippen molar-refractivity contribution in [2.45, 2.75) is 26.8 Å². The predicted molar refractivity (Wildman–Crippen MR) is 96.7 cm³/mol. The number of anilines is 1. The Morgan fingerprint density at radius 3 is 2.92 bits per heavy atom. The second kappa shape index (κ2) is 6.05. The van der Waals surface area contributed by atoms with Crippen molar-refractivity contribution in [3.8, 4) is 0 Å². The molecule has 0 unspecified atom stereocenters. The summed E-state index contributed by atoms with van der Waals surface area (Å²) in [6, 6.07) is 11.5. The van der Waals surface area contributed by atoms with E-state index in [0.717, 1.165) is 40.5 Å². The number of benzene rings is 1. The summed E-state index contributed by atoms with van der Waals surface area (Å²) >= 11 is 0. The number of hydrogen-bond acceptors (Lipinski definition) is 4. The van der Waals surface area contributed by atoms with Gasteiger partial charge in [-0.05, 0) is 43.7 Å². The second-order valence-electron chi connectivity index (χ2n) is 6.06. The van der Waals surface area contributed by atoms with Crippen LogP contribution in [-0.2, 0) is 6.54 Å². The summed E-state index contributed by atoms with van der Waals surface area (Å²) in [7, 11) is 0. The van der Waals surface area contributed by atoms with Crippen molar-refractivity contribution in [3.63, 3.8) is 0 Å². The molecule has 1 amide bonds. The Labute approximate surface area is 144 Å². The number of nitrogens with zero attached hydrogens (tertiary/aromatic N) is 3. The van der Waals surface area contributed by atoms with Gasteiger partial charge in [0.1, 0.15) is 0 Å². The SMILES string of the molecule is CCCn1nc(NC(=O)c2ccco2)c2cc3cc(C)ccc3nc21. The van der Waals surface area contributed by atoms with Gasteiger partial charge in [0.05, 0.1) is 17.2 Å². The molecule has 0 bridgehead atoms. The van der Waals surface area contributed by atoms with Gasteiger partial charge in [0, 0.05) is 11.9 Å². The maximum absolute atomic E-state index is 12.3. The van der Waals surface area contributed by atoms with Crippen LogP contribution in [0.3, 0.4) is 0 Å². The molecule has 1 aromatic carbocycles. The number of aryl methyl sites for hydroxylation is 2. The minimum atomic E-state index is -0.322. The highest BCUT2D eigenvalue weighted by atomic mass is 16.3. The third-order valence-corrected chi connectivity index (χ3v) is 4.08. The molecule has 25 heavy (non-hydrogen) atoms. The van der Waals surface area contributed by atoms with Gasteiger partial charge >= 0.3 is 0 Å². The molecule has 4 aromatic rings. The Hall–Kier alpha value is -3.15. The molecule has 0 spiro atoms. The first-order valence-corrected chi connectivity index (χ1v) is 8.28. The fourth-order valence-electron chi connectivity index (χ4n) is 2.92. The number of carbonyl (C=O) groups excluding carboxylic acids is 1. The van der Waals surface area contributed by atoms with E-state index in [1.807, 2.05) is 29.8 Å². The lowest BCUT2D eigenvalue weighted by atomic mass is 10.1. The average Bonchev–Trinajstić information content (AvgIpc) is 3.23. The summed E-state index contributed by atoms with van der Waals surface area (Å²) in [5.41, 5.74) is 2.85. The molecule has 0 aliphatic carbocycles. The zero-order valence-electron chi connectivity index (χ0n) is 14.1. The lowest BCUT2D eigenvalue weighted by molar-refractivity contribution is 0.0996. The number of aromatic nitrogens is 3. The van der Waals surface area contributed by atoms with Crippen molar-refractivity contribution < 1.29 is 9.21 Å². The average molecular weight is 334 g/mol. The van der Waals surface area contributed by atoms with E-state index in [1.54, 1.807) is 12.1 Å². The van der Waals surface area contributed by atoms with Crippen molar-refractivity contribution in [3.05, 3.63) is 54.0 Å². The first-order valence-electron chi connectivity index (χ1n) is 8.28. The molecule has 6 heteroatoms. The lowest BCUT2D eigenvalue weighted by Crippen LogP contribution is -2.12. The Morgan fingerprint density at radius 1 is 1.28 bits per heavy atom. The number of pyridine rings is 1. The van der Waals surface area contributed by atoms with E-state index < -0.39 is 0 Å². The molecule has 0 atom stereocenters. The Balaban J connectivity index is 1.86. The van der Waals surface area contributed by atoms with Crippen molar-refractivity contribution in [2.75, 3.05) is 5.32 Å². The fraction of sp³-hybridized carbons (Fsp3) is 0.211. The van der Waals surface area contributed by atoms with Gasteiger partial charge in [0.2, 0.25) is 0 Å². The number of furan rings is 1. The van der Waals surface area contributed by atoms with Crippen molar-refractivity contribution in [1.82, 2.24) is 14.8 Å². The molecule has 0 saturated heterocycles. The number of fused-ring (bicyclic) bond motifs is 2. The van der Waals surface area contributed by atoms with Crippen molar-refractivity contribution >= 4 is 33.7 Å². The van der Waals surface area contributed by atoms with E-state index in [1.165, 1.54) is 6.26 Å². The van der Waals surface area contributed by atoms with Crippen LogP contribution in [0.2, 0.25) is 0 Å². The zero-order chi connectivity index (χ0) is 17.4. The molecule has 6 nitrogen and oxygen atoms in total. The summed E-state index contributed by atoms with van der Waals surface area (Å²) in [6.45, 7) is 4.86. The topological polar surface area (TPSA) is 73.0 Å². The predicted octanol–water partition coefficient (Wildman–Crippen LogP) is 4.15. The highest BCUT2D eigenvalue weighted by Crippen LogP contribution is 2.27. The van der Waals surface area contributed by atoms with Crippen LogP contribution in [0.4, 0.5) is 5.82 Å². The van der Waals surface area contributed by atoms with E-state index in [0.29, 0.717) is 5.82 Å². The van der Waals surface area contributed by atoms with E-state index in [4.69, 9.17) is 9.40 Å². The third-order valence-electron chi connectivity index (χ3n) is 4.08. The summed E-state index contributed by atoms with van der Waals surface area (Å²) in [6.07, 6.45) is 2.40. The second-order valence-corrected chi connectivity index (χ2v) is 6.06. The standard InChI is InChI=1S/C19H18N4O2/c1-3-8-23-18-14(11-13-10-12(2)6-7-15(13)20-18)17(22-23)21-19(24)16-5-4-9-25-16/h4-7,9-11H,3,8H2,1-2H3,(H,21,22,24). The number of amides is 1. The minimum absolute atomic E-state index is 0.253. The van der Waals surface area contributed by atoms with Crippen LogP contribution in [0.5, 0.6) is 0 Å². The van der Waals surface area contributed by atoms with Gasteiger partial charge in [0.15, 0.2) is 17.2 Å². The molecule has 4 rings (SSSR count).